The minimum absolute atomic E-state index is 0.0292. The van der Waals surface area contributed by atoms with Gasteiger partial charge < -0.3 is 5.11 Å². The maximum absolute atomic E-state index is 9.06. The van der Waals surface area contributed by atoms with E-state index in [1.54, 1.807) is 12.1 Å². The van der Waals surface area contributed by atoms with Crippen LogP contribution in [-0.2, 0) is 6.61 Å². The highest BCUT2D eigenvalue weighted by atomic mass is 79.9. The first-order valence-corrected chi connectivity index (χ1v) is 7.49. The number of rotatable bonds is 3. The van der Waals surface area contributed by atoms with Crippen molar-refractivity contribution < 1.29 is 5.11 Å². The zero-order valence-corrected chi connectivity index (χ0v) is 13.1. The quantitative estimate of drug-likeness (QED) is 0.787. The molecule has 0 aliphatic carbocycles. The molecule has 0 saturated heterocycles. The Bertz CT molecular complexity index is 575. The van der Waals surface area contributed by atoms with Crippen molar-refractivity contribution in [2.75, 3.05) is 0 Å². The van der Waals surface area contributed by atoms with Gasteiger partial charge in [0.25, 0.3) is 0 Å². The molecule has 2 aromatic rings. The minimum Gasteiger partial charge on any atom is -0.392 e. The molecule has 2 aromatic carbocycles. The van der Waals surface area contributed by atoms with Gasteiger partial charge in [0, 0.05) is 19.3 Å². The Morgan fingerprint density at radius 1 is 1.06 bits per heavy atom. The summed E-state index contributed by atoms with van der Waals surface area (Å²) in [5.74, 6) is 0. The molecule has 0 radical (unpaired) electrons. The molecule has 0 unspecified atom stereocenters. The third-order valence-corrected chi connectivity index (χ3v) is 5.02. The molecule has 0 aliphatic rings. The van der Waals surface area contributed by atoms with Gasteiger partial charge >= 0.3 is 0 Å². The van der Waals surface area contributed by atoms with Gasteiger partial charge in [0.1, 0.15) is 0 Å². The number of benzene rings is 2. The van der Waals surface area contributed by atoms with Crippen molar-refractivity contribution >= 4 is 50.9 Å². The summed E-state index contributed by atoms with van der Waals surface area (Å²) < 4.78 is 0.926. The van der Waals surface area contributed by atoms with Gasteiger partial charge in [-0.2, -0.15) is 0 Å². The second-order valence-corrected chi connectivity index (χ2v) is 6.38. The van der Waals surface area contributed by atoms with Crippen LogP contribution in [0.15, 0.2) is 50.7 Å². The Labute approximate surface area is 128 Å². The summed E-state index contributed by atoms with van der Waals surface area (Å²) in [4.78, 5) is 1.93. The van der Waals surface area contributed by atoms with Crippen molar-refractivity contribution in [3.63, 3.8) is 0 Å². The highest BCUT2D eigenvalue weighted by Crippen LogP contribution is 2.38. The molecular weight excluding hydrogens is 355 g/mol. The zero-order valence-electron chi connectivity index (χ0n) is 9.16. The Balaban J connectivity index is 2.31. The predicted molar refractivity (Wildman–Crippen MR) is 80.6 cm³/mol. The lowest BCUT2D eigenvalue weighted by atomic mass is 10.2. The smallest absolute Gasteiger partial charge is 0.0682 e. The van der Waals surface area contributed by atoms with Crippen LogP contribution in [0, 0.1) is 0 Å². The molecule has 2 rings (SSSR count). The molecule has 0 amide bonds. The summed E-state index contributed by atoms with van der Waals surface area (Å²) in [6.07, 6.45) is 0. The topological polar surface area (TPSA) is 20.2 Å². The van der Waals surface area contributed by atoms with Gasteiger partial charge in [-0.25, -0.2) is 0 Å². The standard InChI is InChI=1S/C13H9BrCl2OS/c14-10-5-8(7-17)1-4-12(10)18-13-6-9(15)2-3-11(13)16/h1-6,17H,7H2. The summed E-state index contributed by atoms with van der Waals surface area (Å²) in [6.45, 7) is 0.0292. The van der Waals surface area contributed by atoms with Gasteiger partial charge in [0.2, 0.25) is 0 Å². The second-order valence-electron chi connectivity index (χ2n) is 3.60. The molecule has 0 atom stereocenters. The molecule has 0 saturated carbocycles. The fourth-order valence-corrected chi connectivity index (χ4v) is 3.42. The van der Waals surface area contributed by atoms with E-state index in [1.807, 2.05) is 24.3 Å². The van der Waals surface area contributed by atoms with Crippen molar-refractivity contribution in [3.8, 4) is 0 Å². The van der Waals surface area contributed by atoms with Gasteiger partial charge in [-0.1, -0.05) is 41.0 Å². The van der Waals surface area contributed by atoms with Crippen LogP contribution in [0.5, 0.6) is 0 Å². The Morgan fingerprint density at radius 2 is 1.83 bits per heavy atom. The lowest BCUT2D eigenvalue weighted by Gasteiger charge is -2.08. The third kappa shape index (κ3) is 3.43. The van der Waals surface area contributed by atoms with E-state index >= 15 is 0 Å². The maximum Gasteiger partial charge on any atom is 0.0682 e. The lowest BCUT2D eigenvalue weighted by molar-refractivity contribution is 0.281. The number of hydrogen-bond donors (Lipinski definition) is 1. The fraction of sp³-hybridized carbons (Fsp3) is 0.0769. The van der Waals surface area contributed by atoms with Crippen molar-refractivity contribution in [1.29, 1.82) is 0 Å². The van der Waals surface area contributed by atoms with Crippen LogP contribution in [0.1, 0.15) is 5.56 Å². The third-order valence-electron chi connectivity index (χ3n) is 2.29. The molecule has 94 valence electrons. The van der Waals surface area contributed by atoms with E-state index in [2.05, 4.69) is 15.9 Å². The molecule has 18 heavy (non-hydrogen) atoms. The number of aliphatic hydroxyl groups excluding tert-OH is 1. The summed E-state index contributed by atoms with van der Waals surface area (Å²) in [5.41, 5.74) is 0.864. The molecule has 0 spiro atoms. The Hall–Kier alpha value is -0.190. The first-order valence-electron chi connectivity index (χ1n) is 5.12. The summed E-state index contributed by atoms with van der Waals surface area (Å²) >= 11 is 17.1. The van der Waals surface area contributed by atoms with Crippen LogP contribution in [0.3, 0.4) is 0 Å². The normalized spacial score (nSPS) is 10.7. The summed E-state index contributed by atoms with van der Waals surface area (Å²) in [5, 5.41) is 10.4. The van der Waals surface area contributed by atoms with Crippen LogP contribution in [0.4, 0.5) is 0 Å². The molecular formula is C13H9BrCl2OS. The fourth-order valence-electron chi connectivity index (χ4n) is 1.40. The number of halogens is 3. The van der Waals surface area contributed by atoms with E-state index in [0.717, 1.165) is 19.8 Å². The highest BCUT2D eigenvalue weighted by Gasteiger charge is 2.07. The average Bonchev–Trinajstić information content (AvgIpc) is 2.36. The van der Waals surface area contributed by atoms with Crippen molar-refractivity contribution in [2.45, 2.75) is 16.4 Å². The minimum atomic E-state index is 0.0292. The van der Waals surface area contributed by atoms with E-state index in [4.69, 9.17) is 28.3 Å². The second kappa shape index (κ2) is 6.31. The molecule has 1 N–H and O–H groups in total. The van der Waals surface area contributed by atoms with E-state index in [1.165, 1.54) is 11.8 Å². The average molecular weight is 364 g/mol. The molecule has 0 aromatic heterocycles. The van der Waals surface area contributed by atoms with E-state index in [-0.39, 0.29) is 6.61 Å². The Kier molecular flexibility index (Phi) is 4.98. The maximum atomic E-state index is 9.06. The van der Waals surface area contributed by atoms with Crippen LogP contribution in [0.2, 0.25) is 10.0 Å². The van der Waals surface area contributed by atoms with Crippen LogP contribution < -0.4 is 0 Å². The first-order chi connectivity index (χ1) is 8.60. The number of hydrogen-bond acceptors (Lipinski definition) is 2. The largest absolute Gasteiger partial charge is 0.392 e. The van der Waals surface area contributed by atoms with Crippen molar-refractivity contribution in [1.82, 2.24) is 0 Å². The van der Waals surface area contributed by atoms with E-state index < -0.39 is 0 Å². The summed E-state index contributed by atoms with van der Waals surface area (Å²) in [7, 11) is 0. The molecule has 0 fully saturated rings. The summed E-state index contributed by atoms with van der Waals surface area (Å²) in [6, 6.07) is 11.1. The predicted octanol–water partition coefficient (Wildman–Crippen LogP) is 5.40. The van der Waals surface area contributed by atoms with Crippen molar-refractivity contribution in [2.24, 2.45) is 0 Å². The van der Waals surface area contributed by atoms with Crippen molar-refractivity contribution in [3.05, 3.63) is 56.5 Å². The molecule has 0 heterocycles. The molecule has 1 nitrogen and oxygen atoms in total. The van der Waals surface area contributed by atoms with Gasteiger partial charge in [-0.15, -0.1) is 0 Å². The monoisotopic (exact) mass is 362 g/mol. The van der Waals surface area contributed by atoms with Crippen LogP contribution in [0.25, 0.3) is 0 Å². The highest BCUT2D eigenvalue weighted by molar-refractivity contribution is 9.10. The van der Waals surface area contributed by atoms with Crippen LogP contribution >= 0.6 is 50.9 Å². The van der Waals surface area contributed by atoms with Gasteiger partial charge in [-0.05, 0) is 51.8 Å². The molecule has 5 heteroatoms. The Morgan fingerprint density at radius 3 is 2.50 bits per heavy atom. The SMILES string of the molecule is OCc1ccc(Sc2cc(Cl)ccc2Cl)c(Br)c1. The first kappa shape index (κ1) is 14.2. The lowest BCUT2D eigenvalue weighted by Crippen LogP contribution is -1.84. The van der Waals surface area contributed by atoms with Crippen LogP contribution in [-0.4, -0.2) is 5.11 Å². The zero-order chi connectivity index (χ0) is 13.1. The van der Waals surface area contributed by atoms with Gasteiger partial charge in [-0.3, -0.25) is 0 Å². The number of aliphatic hydroxyl groups is 1. The molecule has 0 aliphatic heterocycles. The molecule has 0 bridgehead atoms. The van der Waals surface area contributed by atoms with Gasteiger partial charge in [0.15, 0.2) is 0 Å². The van der Waals surface area contributed by atoms with Gasteiger partial charge in [0.05, 0.1) is 11.6 Å². The van der Waals surface area contributed by atoms with E-state index in [0.29, 0.717) is 10.0 Å². The van der Waals surface area contributed by atoms with E-state index in [9.17, 15) is 0 Å².